The molecule has 0 spiro atoms. The van der Waals surface area contributed by atoms with Gasteiger partial charge in [-0.3, -0.25) is 0 Å². The van der Waals surface area contributed by atoms with Gasteiger partial charge in [0.05, 0.1) is 12.1 Å². The molecule has 2 aromatic rings. The summed E-state index contributed by atoms with van der Waals surface area (Å²) in [6.45, 7) is 2.80. The lowest BCUT2D eigenvalue weighted by Crippen LogP contribution is -1.99. The van der Waals surface area contributed by atoms with Crippen LogP contribution in [0.15, 0.2) is 30.3 Å². The zero-order valence-electron chi connectivity index (χ0n) is 9.24. The Morgan fingerprint density at radius 2 is 2.12 bits per heavy atom. The molecule has 0 fully saturated rings. The average Bonchev–Trinajstić information content (AvgIpc) is 2.30. The fourth-order valence-corrected chi connectivity index (χ4v) is 1.83. The van der Waals surface area contributed by atoms with Crippen molar-refractivity contribution in [1.29, 1.82) is 0 Å². The van der Waals surface area contributed by atoms with E-state index in [0.717, 1.165) is 17.3 Å². The minimum Gasteiger partial charge on any atom is -0.478 e. The molecule has 0 unspecified atom stereocenters. The third-order valence-electron chi connectivity index (χ3n) is 2.45. The maximum atomic E-state index is 5.55. The van der Waals surface area contributed by atoms with E-state index in [1.165, 1.54) is 10.9 Å². The molecule has 0 saturated carbocycles. The summed E-state index contributed by atoms with van der Waals surface area (Å²) >= 11 is 3.37. The van der Waals surface area contributed by atoms with E-state index in [9.17, 15) is 0 Å². The first-order valence-electron chi connectivity index (χ1n) is 5.36. The number of halogens is 1. The molecule has 84 valence electrons. The average molecular weight is 280 g/mol. The maximum absolute atomic E-state index is 5.55. The summed E-state index contributed by atoms with van der Waals surface area (Å²) in [7, 11) is 0. The second-order valence-corrected chi connectivity index (χ2v) is 4.48. The van der Waals surface area contributed by atoms with Gasteiger partial charge in [0.1, 0.15) is 0 Å². The Hall–Kier alpha value is -1.09. The molecule has 0 atom stereocenters. The molecule has 0 aliphatic heterocycles. The van der Waals surface area contributed by atoms with Gasteiger partial charge in [-0.05, 0) is 31.0 Å². The molecular formula is C13H14BrNO. The molecule has 0 amide bonds. The molecular weight excluding hydrogens is 266 g/mol. The molecule has 3 heteroatoms. The molecule has 0 N–H and O–H groups in total. The predicted molar refractivity (Wildman–Crippen MR) is 70.4 cm³/mol. The number of hydrogen-bond acceptors (Lipinski definition) is 2. The number of aromatic nitrogens is 1. The summed E-state index contributed by atoms with van der Waals surface area (Å²) in [6.07, 6.45) is 0.994. The van der Waals surface area contributed by atoms with Crippen LogP contribution in [-0.4, -0.2) is 16.9 Å². The SMILES string of the molecule is Cc1cccc2nc(OCCCBr)ccc12. The summed E-state index contributed by atoms with van der Waals surface area (Å²) in [5, 5.41) is 2.15. The standard InChI is InChI=1S/C13H14BrNO/c1-10-4-2-5-12-11(10)6-7-13(15-12)16-9-3-8-14/h2,4-7H,3,8-9H2,1H3. The highest BCUT2D eigenvalue weighted by atomic mass is 79.9. The van der Waals surface area contributed by atoms with Gasteiger partial charge < -0.3 is 4.74 Å². The molecule has 0 radical (unpaired) electrons. The maximum Gasteiger partial charge on any atom is 0.213 e. The largest absolute Gasteiger partial charge is 0.478 e. The van der Waals surface area contributed by atoms with E-state index in [1.54, 1.807) is 0 Å². The Morgan fingerprint density at radius 3 is 2.94 bits per heavy atom. The Labute approximate surface area is 104 Å². The Kier molecular flexibility index (Phi) is 3.78. The van der Waals surface area contributed by atoms with Gasteiger partial charge in [-0.25, -0.2) is 4.98 Å². The van der Waals surface area contributed by atoms with Gasteiger partial charge in [0, 0.05) is 16.8 Å². The quantitative estimate of drug-likeness (QED) is 0.629. The fourth-order valence-electron chi connectivity index (χ4n) is 1.60. The van der Waals surface area contributed by atoms with Crippen molar-refractivity contribution in [2.75, 3.05) is 11.9 Å². The first kappa shape index (κ1) is 11.4. The van der Waals surface area contributed by atoms with Crippen molar-refractivity contribution in [3.8, 4) is 5.88 Å². The predicted octanol–water partition coefficient (Wildman–Crippen LogP) is 3.71. The van der Waals surface area contributed by atoms with Crippen LogP contribution < -0.4 is 4.74 Å². The van der Waals surface area contributed by atoms with Gasteiger partial charge in [-0.2, -0.15) is 0 Å². The Bertz CT molecular complexity index is 484. The molecule has 1 aromatic heterocycles. The van der Waals surface area contributed by atoms with Gasteiger partial charge in [0.25, 0.3) is 0 Å². The van der Waals surface area contributed by atoms with E-state index >= 15 is 0 Å². The van der Waals surface area contributed by atoms with Crippen molar-refractivity contribution in [2.45, 2.75) is 13.3 Å². The van der Waals surface area contributed by atoms with E-state index in [-0.39, 0.29) is 0 Å². The number of rotatable bonds is 4. The number of ether oxygens (including phenoxy) is 1. The minimum atomic E-state index is 0.704. The van der Waals surface area contributed by atoms with Gasteiger partial charge in [0.15, 0.2) is 0 Å². The number of nitrogens with zero attached hydrogens (tertiary/aromatic N) is 1. The van der Waals surface area contributed by atoms with Crippen molar-refractivity contribution in [3.05, 3.63) is 35.9 Å². The number of fused-ring (bicyclic) bond motifs is 1. The molecule has 2 rings (SSSR count). The second kappa shape index (κ2) is 5.30. The molecule has 0 aliphatic carbocycles. The van der Waals surface area contributed by atoms with Crippen LogP contribution in [0, 0.1) is 6.92 Å². The second-order valence-electron chi connectivity index (χ2n) is 3.68. The van der Waals surface area contributed by atoms with Gasteiger partial charge in [-0.1, -0.05) is 28.1 Å². The van der Waals surface area contributed by atoms with Crippen molar-refractivity contribution >= 4 is 26.8 Å². The number of aryl methyl sites for hydroxylation is 1. The molecule has 1 aromatic carbocycles. The lowest BCUT2D eigenvalue weighted by atomic mass is 10.1. The summed E-state index contributed by atoms with van der Waals surface area (Å²) in [6, 6.07) is 10.1. The zero-order chi connectivity index (χ0) is 11.4. The number of alkyl halides is 1. The van der Waals surface area contributed by atoms with Crippen LogP contribution in [0.3, 0.4) is 0 Å². The van der Waals surface area contributed by atoms with Crippen LogP contribution in [0.4, 0.5) is 0 Å². The van der Waals surface area contributed by atoms with E-state index in [0.29, 0.717) is 12.5 Å². The number of benzene rings is 1. The van der Waals surface area contributed by atoms with Crippen molar-refractivity contribution in [2.24, 2.45) is 0 Å². The minimum absolute atomic E-state index is 0.704. The first-order valence-corrected chi connectivity index (χ1v) is 6.48. The summed E-state index contributed by atoms with van der Waals surface area (Å²) in [5.41, 5.74) is 2.24. The first-order chi connectivity index (χ1) is 7.81. The van der Waals surface area contributed by atoms with Crippen molar-refractivity contribution in [3.63, 3.8) is 0 Å². The fraction of sp³-hybridized carbons (Fsp3) is 0.308. The smallest absolute Gasteiger partial charge is 0.213 e. The molecule has 0 bridgehead atoms. The lowest BCUT2D eigenvalue weighted by molar-refractivity contribution is 0.308. The summed E-state index contributed by atoms with van der Waals surface area (Å²) in [5.74, 6) is 0.707. The zero-order valence-corrected chi connectivity index (χ0v) is 10.8. The van der Waals surface area contributed by atoms with Gasteiger partial charge >= 0.3 is 0 Å². The number of pyridine rings is 1. The highest BCUT2D eigenvalue weighted by Crippen LogP contribution is 2.19. The summed E-state index contributed by atoms with van der Waals surface area (Å²) in [4.78, 5) is 4.47. The molecule has 0 aliphatic rings. The highest BCUT2D eigenvalue weighted by Gasteiger charge is 2.00. The summed E-state index contributed by atoms with van der Waals surface area (Å²) < 4.78 is 5.55. The Balaban J connectivity index is 2.23. The van der Waals surface area contributed by atoms with Crippen LogP contribution in [-0.2, 0) is 0 Å². The van der Waals surface area contributed by atoms with Crippen molar-refractivity contribution < 1.29 is 4.74 Å². The third-order valence-corrected chi connectivity index (χ3v) is 3.01. The van der Waals surface area contributed by atoms with E-state index < -0.39 is 0 Å². The van der Waals surface area contributed by atoms with E-state index in [4.69, 9.17) is 4.74 Å². The van der Waals surface area contributed by atoms with Crippen molar-refractivity contribution in [1.82, 2.24) is 4.98 Å². The van der Waals surface area contributed by atoms with Gasteiger partial charge in [0.2, 0.25) is 5.88 Å². The third kappa shape index (κ3) is 2.53. The van der Waals surface area contributed by atoms with E-state index in [1.807, 2.05) is 18.2 Å². The van der Waals surface area contributed by atoms with Crippen LogP contribution >= 0.6 is 15.9 Å². The normalized spacial score (nSPS) is 10.6. The lowest BCUT2D eigenvalue weighted by Gasteiger charge is -2.06. The Morgan fingerprint density at radius 1 is 1.25 bits per heavy atom. The van der Waals surface area contributed by atoms with Gasteiger partial charge in [-0.15, -0.1) is 0 Å². The monoisotopic (exact) mass is 279 g/mol. The molecule has 1 heterocycles. The topological polar surface area (TPSA) is 22.1 Å². The van der Waals surface area contributed by atoms with E-state index in [2.05, 4.69) is 40.0 Å². The van der Waals surface area contributed by atoms with Crippen LogP contribution in [0.25, 0.3) is 10.9 Å². The molecule has 0 saturated heterocycles. The van der Waals surface area contributed by atoms with Crippen LogP contribution in [0.5, 0.6) is 5.88 Å². The number of hydrogen-bond donors (Lipinski definition) is 0. The highest BCUT2D eigenvalue weighted by molar-refractivity contribution is 9.09. The van der Waals surface area contributed by atoms with Crippen LogP contribution in [0.2, 0.25) is 0 Å². The molecule has 16 heavy (non-hydrogen) atoms. The molecule has 2 nitrogen and oxygen atoms in total. The van der Waals surface area contributed by atoms with Crippen LogP contribution in [0.1, 0.15) is 12.0 Å².